The highest BCUT2D eigenvalue weighted by Crippen LogP contribution is 2.32. The second-order valence-corrected chi connectivity index (χ2v) is 5.33. The average molecular weight is 264 g/mol. The predicted molar refractivity (Wildman–Crippen MR) is 69.2 cm³/mol. The lowest BCUT2D eigenvalue weighted by Gasteiger charge is -2.28. The van der Waals surface area contributed by atoms with E-state index in [0.717, 1.165) is 31.2 Å². The minimum atomic E-state index is -0.407. The van der Waals surface area contributed by atoms with E-state index in [4.69, 9.17) is 0 Å². The number of carbonyl (C=O) groups is 1. The Morgan fingerprint density at radius 1 is 1.26 bits per heavy atom. The molecule has 1 aliphatic heterocycles. The topological polar surface area (TPSA) is 61.4 Å². The summed E-state index contributed by atoms with van der Waals surface area (Å²) in [5.41, 5.74) is 1.36. The van der Waals surface area contributed by atoms with E-state index in [2.05, 4.69) is 10.6 Å². The van der Waals surface area contributed by atoms with E-state index in [1.54, 1.807) is 6.07 Å². The molecule has 1 aromatic carbocycles. The molecular formula is C14H17FN2O2. The van der Waals surface area contributed by atoms with Gasteiger partial charge in [0, 0.05) is 17.3 Å². The van der Waals surface area contributed by atoms with E-state index in [9.17, 15) is 14.3 Å². The zero-order valence-corrected chi connectivity index (χ0v) is 10.5. The van der Waals surface area contributed by atoms with Gasteiger partial charge in [0.05, 0.1) is 6.10 Å². The molecule has 19 heavy (non-hydrogen) atoms. The van der Waals surface area contributed by atoms with Crippen LogP contribution in [0.5, 0.6) is 0 Å². The molecule has 1 fully saturated rings. The largest absolute Gasteiger partial charge is 0.393 e. The molecule has 3 N–H and O–H groups in total. The van der Waals surface area contributed by atoms with Crippen LogP contribution in [0.2, 0.25) is 0 Å². The molecule has 1 atom stereocenters. The summed E-state index contributed by atoms with van der Waals surface area (Å²) in [6, 6.07) is 4.20. The Morgan fingerprint density at radius 3 is 2.74 bits per heavy atom. The Bertz CT molecular complexity index is 498. The number of hydrogen-bond acceptors (Lipinski definition) is 3. The highest BCUT2D eigenvalue weighted by Gasteiger charge is 2.33. The van der Waals surface area contributed by atoms with Crippen molar-refractivity contribution in [2.75, 3.05) is 5.32 Å². The molecule has 102 valence electrons. The van der Waals surface area contributed by atoms with Crippen molar-refractivity contribution in [1.82, 2.24) is 5.32 Å². The molecule has 1 amide bonds. The van der Waals surface area contributed by atoms with E-state index in [1.165, 1.54) is 12.1 Å². The third kappa shape index (κ3) is 2.48. The number of benzene rings is 1. The smallest absolute Gasteiger partial charge is 0.246 e. The van der Waals surface area contributed by atoms with Gasteiger partial charge in [0.2, 0.25) is 5.91 Å². The van der Waals surface area contributed by atoms with Crippen LogP contribution in [0.15, 0.2) is 18.2 Å². The molecule has 0 saturated heterocycles. The molecular weight excluding hydrogens is 247 g/mol. The molecule has 0 aromatic heterocycles. The van der Waals surface area contributed by atoms with Crippen molar-refractivity contribution in [3.63, 3.8) is 0 Å². The predicted octanol–water partition coefficient (Wildman–Crippen LogP) is 1.71. The number of amides is 1. The molecule has 0 bridgehead atoms. The summed E-state index contributed by atoms with van der Waals surface area (Å²) >= 11 is 0. The van der Waals surface area contributed by atoms with Gasteiger partial charge in [-0.05, 0) is 37.8 Å². The lowest BCUT2D eigenvalue weighted by atomic mass is 9.92. The number of halogens is 1. The van der Waals surface area contributed by atoms with Crippen LogP contribution < -0.4 is 10.6 Å². The summed E-state index contributed by atoms with van der Waals surface area (Å²) in [5, 5.41) is 15.5. The molecule has 4 nitrogen and oxygen atoms in total. The Kier molecular flexibility index (Phi) is 3.24. The fourth-order valence-electron chi connectivity index (χ4n) is 2.88. The molecule has 2 aliphatic rings. The van der Waals surface area contributed by atoms with Crippen molar-refractivity contribution >= 4 is 11.6 Å². The van der Waals surface area contributed by atoms with Gasteiger partial charge in [-0.1, -0.05) is 6.07 Å². The number of fused-ring (bicyclic) bond motifs is 1. The van der Waals surface area contributed by atoms with E-state index < -0.39 is 6.04 Å². The van der Waals surface area contributed by atoms with Crippen LogP contribution in [0.1, 0.15) is 37.3 Å². The minimum Gasteiger partial charge on any atom is -0.393 e. The Morgan fingerprint density at radius 2 is 2.00 bits per heavy atom. The monoisotopic (exact) mass is 264 g/mol. The van der Waals surface area contributed by atoms with Crippen molar-refractivity contribution in [2.45, 2.75) is 43.9 Å². The van der Waals surface area contributed by atoms with Gasteiger partial charge >= 0.3 is 0 Å². The van der Waals surface area contributed by atoms with Crippen molar-refractivity contribution in [1.29, 1.82) is 0 Å². The number of anilines is 1. The summed E-state index contributed by atoms with van der Waals surface area (Å²) < 4.78 is 13.1. The van der Waals surface area contributed by atoms with Gasteiger partial charge in [-0.3, -0.25) is 10.1 Å². The van der Waals surface area contributed by atoms with Crippen LogP contribution in [0, 0.1) is 5.82 Å². The summed E-state index contributed by atoms with van der Waals surface area (Å²) in [4.78, 5) is 11.9. The van der Waals surface area contributed by atoms with Gasteiger partial charge in [0.15, 0.2) is 0 Å². The molecule has 1 saturated carbocycles. The first-order valence-corrected chi connectivity index (χ1v) is 6.68. The van der Waals surface area contributed by atoms with Crippen LogP contribution in [0.25, 0.3) is 0 Å². The highest BCUT2D eigenvalue weighted by atomic mass is 19.1. The third-order valence-corrected chi connectivity index (χ3v) is 3.95. The standard InChI is InChI=1S/C14H17FN2O2/c15-8-1-6-11-12(7-8)17-14(19)13(11)16-9-2-4-10(18)5-3-9/h1,6-7,9-10,13,16,18H,2-5H2,(H,17,19). The highest BCUT2D eigenvalue weighted by molar-refractivity contribution is 6.02. The van der Waals surface area contributed by atoms with Gasteiger partial charge in [0.25, 0.3) is 0 Å². The summed E-state index contributed by atoms with van der Waals surface area (Å²) in [6.45, 7) is 0. The Hall–Kier alpha value is -1.46. The molecule has 0 radical (unpaired) electrons. The lowest BCUT2D eigenvalue weighted by molar-refractivity contribution is -0.118. The SMILES string of the molecule is O=C1Nc2cc(F)ccc2C1NC1CCC(O)CC1. The Balaban J connectivity index is 1.73. The number of aliphatic hydroxyl groups is 1. The first-order chi connectivity index (χ1) is 9.13. The molecule has 0 spiro atoms. The van der Waals surface area contributed by atoms with Crippen molar-refractivity contribution in [2.24, 2.45) is 0 Å². The van der Waals surface area contributed by atoms with E-state index >= 15 is 0 Å². The number of aliphatic hydroxyl groups excluding tert-OH is 1. The van der Waals surface area contributed by atoms with Crippen molar-refractivity contribution < 1.29 is 14.3 Å². The summed E-state index contributed by atoms with van der Waals surface area (Å²) in [5.74, 6) is -0.479. The zero-order valence-electron chi connectivity index (χ0n) is 10.5. The van der Waals surface area contributed by atoms with Crippen molar-refractivity contribution in [3.8, 4) is 0 Å². The molecule has 1 aliphatic carbocycles. The van der Waals surface area contributed by atoms with Gasteiger partial charge < -0.3 is 10.4 Å². The maximum atomic E-state index is 13.1. The molecule has 1 aromatic rings. The van der Waals surface area contributed by atoms with Crippen LogP contribution >= 0.6 is 0 Å². The molecule has 1 heterocycles. The van der Waals surface area contributed by atoms with Gasteiger partial charge in [-0.15, -0.1) is 0 Å². The van der Waals surface area contributed by atoms with Crippen LogP contribution in [-0.4, -0.2) is 23.2 Å². The first kappa shape index (κ1) is 12.6. The number of nitrogens with one attached hydrogen (secondary N) is 2. The Labute approximate surface area is 111 Å². The summed E-state index contributed by atoms with van der Waals surface area (Å²) in [7, 11) is 0. The van der Waals surface area contributed by atoms with Gasteiger partial charge in [0.1, 0.15) is 11.9 Å². The van der Waals surface area contributed by atoms with Gasteiger partial charge in [-0.25, -0.2) is 4.39 Å². The van der Waals surface area contributed by atoms with E-state index in [1.807, 2.05) is 0 Å². The lowest BCUT2D eigenvalue weighted by Crippen LogP contribution is -2.39. The third-order valence-electron chi connectivity index (χ3n) is 3.95. The normalized spacial score (nSPS) is 30.0. The fourth-order valence-corrected chi connectivity index (χ4v) is 2.88. The maximum absolute atomic E-state index is 13.1. The molecule has 1 unspecified atom stereocenters. The minimum absolute atomic E-state index is 0.133. The first-order valence-electron chi connectivity index (χ1n) is 6.68. The number of rotatable bonds is 2. The van der Waals surface area contributed by atoms with E-state index in [-0.39, 0.29) is 23.9 Å². The van der Waals surface area contributed by atoms with Crippen molar-refractivity contribution in [3.05, 3.63) is 29.6 Å². The van der Waals surface area contributed by atoms with Crippen LogP contribution in [-0.2, 0) is 4.79 Å². The second-order valence-electron chi connectivity index (χ2n) is 5.33. The zero-order chi connectivity index (χ0) is 13.4. The van der Waals surface area contributed by atoms with Crippen LogP contribution in [0.4, 0.5) is 10.1 Å². The fraction of sp³-hybridized carbons (Fsp3) is 0.500. The second kappa shape index (κ2) is 4.90. The summed E-state index contributed by atoms with van der Waals surface area (Å²) in [6.07, 6.45) is 3.05. The van der Waals surface area contributed by atoms with Crippen LogP contribution in [0.3, 0.4) is 0 Å². The van der Waals surface area contributed by atoms with E-state index in [0.29, 0.717) is 5.69 Å². The molecule has 3 rings (SSSR count). The van der Waals surface area contributed by atoms with Gasteiger partial charge in [-0.2, -0.15) is 0 Å². The quantitative estimate of drug-likeness (QED) is 0.762. The maximum Gasteiger partial charge on any atom is 0.246 e. The number of hydrogen-bond donors (Lipinski definition) is 3. The molecule has 5 heteroatoms. The average Bonchev–Trinajstić information content (AvgIpc) is 2.68. The number of carbonyl (C=O) groups excluding carboxylic acids is 1.